The molecule has 0 aromatic heterocycles. The molecule has 2 fully saturated rings. The molecule has 11 heavy (non-hydrogen) atoms. The molecule has 2 heteroatoms. The maximum absolute atomic E-state index is 2.52. The molecule has 0 aromatic rings. The molecule has 0 N–H and O–H groups in total. The van der Waals surface area contributed by atoms with Gasteiger partial charge in [0.1, 0.15) is 0 Å². The predicted octanol–water partition coefficient (Wildman–Crippen LogP) is 0.642. The van der Waals surface area contributed by atoms with Gasteiger partial charge in [0.15, 0.2) is 0 Å². The van der Waals surface area contributed by atoms with Crippen LogP contribution in [0.15, 0.2) is 0 Å². The van der Waals surface area contributed by atoms with Gasteiger partial charge < -0.3 is 9.80 Å². The zero-order chi connectivity index (χ0) is 8.06. The molecule has 2 aliphatic rings. The number of likely N-dealkylation sites (tertiary alicyclic amines) is 2. The summed E-state index contributed by atoms with van der Waals surface area (Å²) in [5, 5.41) is 0. The molecule has 0 bridgehead atoms. The third-order valence-electron chi connectivity index (χ3n) is 3.49. The Bertz CT molecular complexity index is 169. The fraction of sp³-hybridized carbons (Fsp3) is 1.00. The highest BCUT2D eigenvalue weighted by Crippen LogP contribution is 2.40. The van der Waals surface area contributed by atoms with Crippen LogP contribution in [0.3, 0.4) is 0 Å². The molecule has 0 aliphatic carbocycles. The minimum Gasteiger partial charge on any atom is -0.304 e. The van der Waals surface area contributed by atoms with Crippen molar-refractivity contribution in [1.29, 1.82) is 0 Å². The van der Waals surface area contributed by atoms with Gasteiger partial charge in [-0.15, -0.1) is 0 Å². The minimum absolute atomic E-state index is 0.601. The van der Waals surface area contributed by atoms with Crippen molar-refractivity contribution in [2.45, 2.75) is 19.4 Å². The van der Waals surface area contributed by atoms with Gasteiger partial charge in [0.05, 0.1) is 0 Å². The van der Waals surface area contributed by atoms with Crippen LogP contribution in [0.25, 0.3) is 0 Å². The molecule has 0 saturated carbocycles. The Morgan fingerprint density at radius 2 is 2.09 bits per heavy atom. The smallest absolute Gasteiger partial charge is 0.0286 e. The van der Waals surface area contributed by atoms with Crippen molar-refractivity contribution in [2.24, 2.45) is 5.41 Å². The van der Waals surface area contributed by atoms with Gasteiger partial charge in [-0.25, -0.2) is 0 Å². The molecule has 2 unspecified atom stereocenters. The summed E-state index contributed by atoms with van der Waals surface area (Å²) in [6.07, 6.45) is 1.39. The average Bonchev–Trinajstić information content (AvgIpc) is 2.32. The van der Waals surface area contributed by atoms with Crippen molar-refractivity contribution in [3.8, 4) is 0 Å². The molecule has 0 spiro atoms. The Morgan fingerprint density at radius 1 is 1.36 bits per heavy atom. The summed E-state index contributed by atoms with van der Waals surface area (Å²) >= 11 is 0. The van der Waals surface area contributed by atoms with Crippen molar-refractivity contribution in [1.82, 2.24) is 9.80 Å². The maximum atomic E-state index is 2.52. The van der Waals surface area contributed by atoms with Gasteiger partial charge in [0, 0.05) is 19.1 Å². The fourth-order valence-corrected chi connectivity index (χ4v) is 2.81. The van der Waals surface area contributed by atoms with E-state index in [9.17, 15) is 0 Å². The van der Waals surface area contributed by atoms with Crippen LogP contribution < -0.4 is 0 Å². The summed E-state index contributed by atoms with van der Waals surface area (Å²) in [6.45, 7) is 6.30. The van der Waals surface area contributed by atoms with Gasteiger partial charge in [-0.05, 0) is 32.5 Å². The van der Waals surface area contributed by atoms with Crippen molar-refractivity contribution < 1.29 is 0 Å². The molecule has 0 amide bonds. The van der Waals surface area contributed by atoms with Gasteiger partial charge >= 0.3 is 0 Å². The number of fused-ring (bicyclic) bond motifs is 1. The van der Waals surface area contributed by atoms with Crippen LogP contribution in [0.2, 0.25) is 0 Å². The molecular formula is C9H18N2. The number of likely N-dealkylation sites (N-methyl/N-ethyl adjacent to an activating group) is 2. The molecule has 2 nitrogen and oxygen atoms in total. The van der Waals surface area contributed by atoms with E-state index in [0.29, 0.717) is 5.41 Å². The minimum atomic E-state index is 0.601. The average molecular weight is 154 g/mol. The first-order valence-corrected chi connectivity index (χ1v) is 4.51. The largest absolute Gasteiger partial charge is 0.304 e. The van der Waals surface area contributed by atoms with Gasteiger partial charge in [0.25, 0.3) is 0 Å². The molecular weight excluding hydrogens is 136 g/mol. The molecule has 64 valence electrons. The van der Waals surface area contributed by atoms with E-state index in [2.05, 4.69) is 30.8 Å². The van der Waals surface area contributed by atoms with Gasteiger partial charge in [-0.3, -0.25) is 0 Å². The summed E-state index contributed by atoms with van der Waals surface area (Å²) in [5.74, 6) is 0. The summed E-state index contributed by atoms with van der Waals surface area (Å²) in [5.41, 5.74) is 0.601. The highest BCUT2D eigenvalue weighted by molar-refractivity contribution is 5.02. The fourth-order valence-electron chi connectivity index (χ4n) is 2.81. The summed E-state index contributed by atoms with van der Waals surface area (Å²) < 4.78 is 0. The number of hydrogen-bond acceptors (Lipinski definition) is 2. The van der Waals surface area contributed by atoms with Crippen molar-refractivity contribution in [2.75, 3.05) is 33.7 Å². The van der Waals surface area contributed by atoms with Crippen molar-refractivity contribution in [3.63, 3.8) is 0 Å². The molecule has 2 rings (SSSR count). The summed E-state index contributed by atoms with van der Waals surface area (Å²) in [4.78, 5) is 4.98. The SMILES string of the molecule is CN1CC2N(C)CCC2(C)C1. The lowest BCUT2D eigenvalue weighted by atomic mass is 9.86. The highest BCUT2D eigenvalue weighted by atomic mass is 15.3. The van der Waals surface area contributed by atoms with E-state index in [0.717, 1.165) is 6.04 Å². The first-order valence-electron chi connectivity index (χ1n) is 4.51. The Morgan fingerprint density at radius 3 is 2.73 bits per heavy atom. The zero-order valence-electron chi connectivity index (χ0n) is 7.80. The topological polar surface area (TPSA) is 6.48 Å². The van der Waals surface area contributed by atoms with Crippen molar-refractivity contribution >= 4 is 0 Å². The second kappa shape index (κ2) is 2.20. The Kier molecular flexibility index (Phi) is 1.52. The van der Waals surface area contributed by atoms with Crippen LogP contribution in [-0.4, -0.2) is 49.6 Å². The van der Waals surface area contributed by atoms with Crippen LogP contribution in [-0.2, 0) is 0 Å². The molecule has 2 heterocycles. The van der Waals surface area contributed by atoms with Crippen LogP contribution in [0.1, 0.15) is 13.3 Å². The lowest BCUT2D eigenvalue weighted by molar-refractivity contribution is 0.252. The maximum Gasteiger partial charge on any atom is 0.0286 e. The van der Waals surface area contributed by atoms with Gasteiger partial charge in [-0.2, -0.15) is 0 Å². The third-order valence-corrected chi connectivity index (χ3v) is 3.49. The normalized spacial score (nSPS) is 46.6. The van der Waals surface area contributed by atoms with Crippen LogP contribution in [0, 0.1) is 5.41 Å². The Labute approximate surface area is 69.2 Å². The van der Waals surface area contributed by atoms with E-state index in [1.807, 2.05) is 0 Å². The number of nitrogens with zero attached hydrogens (tertiary/aromatic N) is 2. The number of rotatable bonds is 0. The predicted molar refractivity (Wildman–Crippen MR) is 46.6 cm³/mol. The van der Waals surface area contributed by atoms with E-state index in [1.165, 1.54) is 26.1 Å². The van der Waals surface area contributed by atoms with E-state index in [-0.39, 0.29) is 0 Å². The standard InChI is InChI=1S/C9H18N2/c1-9-4-5-11(3)8(9)6-10(2)7-9/h8H,4-7H2,1-3H3. The van der Waals surface area contributed by atoms with Gasteiger partial charge in [-0.1, -0.05) is 6.92 Å². The van der Waals surface area contributed by atoms with Crippen LogP contribution >= 0.6 is 0 Å². The third kappa shape index (κ3) is 1.00. The lowest BCUT2D eigenvalue weighted by Crippen LogP contribution is -2.34. The molecule has 0 aromatic carbocycles. The van der Waals surface area contributed by atoms with Gasteiger partial charge in [0.2, 0.25) is 0 Å². The van der Waals surface area contributed by atoms with E-state index in [4.69, 9.17) is 0 Å². The van der Waals surface area contributed by atoms with E-state index in [1.54, 1.807) is 0 Å². The molecule has 2 saturated heterocycles. The summed E-state index contributed by atoms with van der Waals surface area (Å²) in [7, 11) is 4.49. The first kappa shape index (κ1) is 7.56. The molecule has 0 radical (unpaired) electrons. The lowest BCUT2D eigenvalue weighted by Gasteiger charge is -2.24. The summed E-state index contributed by atoms with van der Waals surface area (Å²) in [6, 6.07) is 0.826. The van der Waals surface area contributed by atoms with Crippen molar-refractivity contribution in [3.05, 3.63) is 0 Å². The Hall–Kier alpha value is -0.0800. The van der Waals surface area contributed by atoms with Crippen LogP contribution in [0.4, 0.5) is 0 Å². The highest BCUT2D eigenvalue weighted by Gasteiger charge is 2.47. The monoisotopic (exact) mass is 154 g/mol. The quantitative estimate of drug-likeness (QED) is 0.505. The number of hydrogen-bond donors (Lipinski definition) is 0. The van der Waals surface area contributed by atoms with E-state index < -0.39 is 0 Å². The Balaban J connectivity index is 2.18. The van der Waals surface area contributed by atoms with Crippen LogP contribution in [0.5, 0.6) is 0 Å². The second-order valence-electron chi connectivity index (χ2n) is 4.60. The molecule has 2 atom stereocenters. The second-order valence-corrected chi connectivity index (χ2v) is 4.60. The first-order chi connectivity index (χ1) is 5.12. The zero-order valence-corrected chi connectivity index (χ0v) is 7.80. The molecule has 2 aliphatic heterocycles. The van der Waals surface area contributed by atoms with E-state index >= 15 is 0 Å².